The summed E-state index contributed by atoms with van der Waals surface area (Å²) in [5.41, 5.74) is 1.81. The number of methoxy groups -OCH3 is 1. The molecule has 0 aliphatic carbocycles. The number of ether oxygens (including phenoxy) is 1. The first-order chi connectivity index (χ1) is 13.3. The van der Waals surface area contributed by atoms with Gasteiger partial charge >= 0.3 is 5.97 Å². The Morgan fingerprint density at radius 1 is 0.857 bits per heavy atom. The van der Waals surface area contributed by atoms with Gasteiger partial charge in [0.1, 0.15) is 0 Å². The molecule has 0 N–H and O–H groups in total. The Morgan fingerprint density at radius 3 is 1.93 bits per heavy atom. The first-order valence-electron chi connectivity index (χ1n) is 8.87. The summed E-state index contributed by atoms with van der Waals surface area (Å²) in [7, 11) is -2.27. The van der Waals surface area contributed by atoms with Crippen LogP contribution in [0.4, 0.5) is 0 Å². The zero-order chi connectivity index (χ0) is 20.3. The van der Waals surface area contributed by atoms with Crippen LogP contribution in [0.2, 0.25) is 0 Å². The lowest BCUT2D eigenvalue weighted by Gasteiger charge is -2.34. The minimum absolute atomic E-state index is 0.191. The molecule has 2 aromatic carbocycles. The maximum absolute atomic E-state index is 12.8. The average Bonchev–Trinajstić information content (AvgIpc) is 2.73. The molecular weight excluding hydrogens is 380 g/mol. The van der Waals surface area contributed by atoms with Gasteiger partial charge in [0.2, 0.25) is 10.0 Å². The number of nitrogens with zero attached hydrogens (tertiary/aromatic N) is 2. The highest BCUT2D eigenvalue weighted by atomic mass is 32.2. The summed E-state index contributed by atoms with van der Waals surface area (Å²) in [4.78, 5) is 26.0. The Morgan fingerprint density at radius 2 is 1.39 bits per heavy atom. The number of carbonyl (C=O) groups excluding carboxylic acids is 2. The maximum Gasteiger partial charge on any atom is 0.337 e. The standard InChI is InChI=1S/C20H22N2O5S/c1-15-3-9-18(10-4-15)28(25,26)22-13-11-21(12-14-22)19(23)16-5-7-17(8-6-16)20(24)27-2/h3-10H,11-14H2,1-2H3. The van der Waals surface area contributed by atoms with Crippen LogP contribution in [0.15, 0.2) is 53.4 Å². The van der Waals surface area contributed by atoms with E-state index in [1.807, 2.05) is 6.92 Å². The zero-order valence-electron chi connectivity index (χ0n) is 15.8. The maximum atomic E-state index is 12.8. The number of carbonyl (C=O) groups is 2. The van der Waals surface area contributed by atoms with Crippen molar-refractivity contribution in [3.05, 3.63) is 65.2 Å². The Hall–Kier alpha value is -2.71. The predicted octanol–water partition coefficient (Wildman–Crippen LogP) is 1.93. The number of sulfonamides is 1. The molecule has 1 aliphatic heterocycles. The van der Waals surface area contributed by atoms with Crippen LogP contribution in [0.25, 0.3) is 0 Å². The quantitative estimate of drug-likeness (QED) is 0.730. The molecule has 1 saturated heterocycles. The van der Waals surface area contributed by atoms with Crippen LogP contribution in [0.1, 0.15) is 26.3 Å². The molecule has 148 valence electrons. The number of benzene rings is 2. The lowest BCUT2D eigenvalue weighted by molar-refractivity contribution is 0.0599. The van der Waals surface area contributed by atoms with Gasteiger partial charge in [-0.05, 0) is 43.3 Å². The summed E-state index contributed by atoms with van der Waals surface area (Å²) in [5, 5.41) is 0. The molecule has 8 heteroatoms. The minimum atomic E-state index is -3.57. The van der Waals surface area contributed by atoms with Crippen molar-refractivity contribution >= 4 is 21.9 Å². The zero-order valence-corrected chi connectivity index (χ0v) is 16.6. The first-order valence-corrected chi connectivity index (χ1v) is 10.3. The van der Waals surface area contributed by atoms with Crippen molar-refractivity contribution < 1.29 is 22.7 Å². The predicted molar refractivity (Wildman–Crippen MR) is 104 cm³/mol. The second kappa shape index (κ2) is 8.12. The van der Waals surface area contributed by atoms with Crippen LogP contribution in [0.5, 0.6) is 0 Å². The van der Waals surface area contributed by atoms with Gasteiger partial charge in [-0.2, -0.15) is 4.31 Å². The van der Waals surface area contributed by atoms with Crippen molar-refractivity contribution in [3.63, 3.8) is 0 Å². The molecule has 0 saturated carbocycles. The van der Waals surface area contributed by atoms with Crippen molar-refractivity contribution in [2.24, 2.45) is 0 Å². The first kappa shape index (κ1) is 20.0. The highest BCUT2D eigenvalue weighted by molar-refractivity contribution is 7.89. The van der Waals surface area contributed by atoms with Gasteiger partial charge < -0.3 is 9.64 Å². The van der Waals surface area contributed by atoms with Gasteiger partial charge in [-0.15, -0.1) is 0 Å². The van der Waals surface area contributed by atoms with Crippen LogP contribution in [0.3, 0.4) is 0 Å². The summed E-state index contributed by atoms with van der Waals surface area (Å²) >= 11 is 0. The van der Waals surface area contributed by atoms with E-state index in [0.29, 0.717) is 24.2 Å². The summed E-state index contributed by atoms with van der Waals surface area (Å²) in [6.45, 7) is 2.99. The Labute approximate surface area is 164 Å². The van der Waals surface area contributed by atoms with E-state index in [4.69, 9.17) is 0 Å². The molecule has 1 fully saturated rings. The number of aryl methyl sites for hydroxylation is 1. The van der Waals surface area contributed by atoms with E-state index in [0.717, 1.165) is 5.56 Å². The lowest BCUT2D eigenvalue weighted by Crippen LogP contribution is -2.50. The smallest absolute Gasteiger partial charge is 0.337 e. The number of hydrogen-bond acceptors (Lipinski definition) is 5. The monoisotopic (exact) mass is 402 g/mol. The number of esters is 1. The molecule has 1 heterocycles. The molecule has 0 aromatic heterocycles. The van der Waals surface area contributed by atoms with E-state index in [2.05, 4.69) is 4.74 Å². The van der Waals surface area contributed by atoms with Gasteiger partial charge in [0.05, 0.1) is 17.6 Å². The lowest BCUT2D eigenvalue weighted by atomic mass is 10.1. The van der Waals surface area contributed by atoms with Crippen molar-refractivity contribution in [1.29, 1.82) is 0 Å². The third-order valence-corrected chi connectivity index (χ3v) is 6.65. The highest BCUT2D eigenvalue weighted by Crippen LogP contribution is 2.19. The van der Waals surface area contributed by atoms with Gasteiger partial charge in [-0.1, -0.05) is 17.7 Å². The highest BCUT2D eigenvalue weighted by Gasteiger charge is 2.30. The molecule has 2 aromatic rings. The average molecular weight is 402 g/mol. The third-order valence-electron chi connectivity index (χ3n) is 4.74. The molecule has 0 unspecified atom stereocenters. The Bertz CT molecular complexity index is 961. The van der Waals surface area contributed by atoms with Gasteiger partial charge in [-0.25, -0.2) is 13.2 Å². The normalized spacial score (nSPS) is 15.3. The van der Waals surface area contributed by atoms with E-state index in [1.54, 1.807) is 41.3 Å². The molecule has 3 rings (SSSR count). The molecule has 28 heavy (non-hydrogen) atoms. The summed E-state index contributed by atoms with van der Waals surface area (Å²) in [6, 6.07) is 13.0. The van der Waals surface area contributed by atoms with Crippen molar-refractivity contribution in [3.8, 4) is 0 Å². The molecule has 7 nitrogen and oxygen atoms in total. The Kier molecular flexibility index (Phi) is 5.81. The number of rotatable bonds is 4. The molecule has 0 radical (unpaired) electrons. The van der Waals surface area contributed by atoms with E-state index in [1.165, 1.54) is 23.5 Å². The summed E-state index contributed by atoms with van der Waals surface area (Å²) in [6.07, 6.45) is 0. The fourth-order valence-electron chi connectivity index (χ4n) is 3.04. The van der Waals surface area contributed by atoms with E-state index < -0.39 is 16.0 Å². The molecule has 1 aliphatic rings. The molecule has 0 spiro atoms. The summed E-state index contributed by atoms with van der Waals surface area (Å²) in [5.74, 6) is -0.655. The van der Waals surface area contributed by atoms with Gasteiger partial charge in [0.25, 0.3) is 5.91 Å². The third kappa shape index (κ3) is 4.07. The van der Waals surface area contributed by atoms with Gasteiger partial charge in [0, 0.05) is 31.7 Å². The molecule has 0 atom stereocenters. The SMILES string of the molecule is COC(=O)c1ccc(C(=O)N2CCN(S(=O)(=O)c3ccc(C)cc3)CC2)cc1. The Balaban J connectivity index is 1.65. The number of piperazine rings is 1. The molecular formula is C20H22N2O5S. The van der Waals surface area contributed by atoms with Crippen molar-refractivity contribution in [2.75, 3.05) is 33.3 Å². The largest absolute Gasteiger partial charge is 0.465 e. The summed E-state index contributed by atoms with van der Waals surface area (Å²) < 4.78 is 31.6. The molecule has 1 amide bonds. The van der Waals surface area contributed by atoms with E-state index in [9.17, 15) is 18.0 Å². The van der Waals surface area contributed by atoms with E-state index >= 15 is 0 Å². The van der Waals surface area contributed by atoms with Crippen LogP contribution < -0.4 is 0 Å². The topological polar surface area (TPSA) is 84.0 Å². The number of amides is 1. The fraction of sp³-hybridized carbons (Fsp3) is 0.300. The van der Waals surface area contributed by atoms with Crippen molar-refractivity contribution in [2.45, 2.75) is 11.8 Å². The van der Waals surface area contributed by atoms with Gasteiger partial charge in [-0.3, -0.25) is 4.79 Å². The van der Waals surface area contributed by atoms with Crippen LogP contribution in [-0.4, -0.2) is 62.8 Å². The minimum Gasteiger partial charge on any atom is -0.465 e. The second-order valence-electron chi connectivity index (χ2n) is 6.58. The van der Waals surface area contributed by atoms with Crippen LogP contribution >= 0.6 is 0 Å². The number of hydrogen-bond donors (Lipinski definition) is 0. The van der Waals surface area contributed by atoms with E-state index in [-0.39, 0.29) is 23.9 Å². The second-order valence-corrected chi connectivity index (χ2v) is 8.52. The van der Waals surface area contributed by atoms with Crippen molar-refractivity contribution in [1.82, 2.24) is 9.21 Å². The van der Waals surface area contributed by atoms with Crippen LogP contribution in [-0.2, 0) is 14.8 Å². The fourth-order valence-corrected chi connectivity index (χ4v) is 4.46. The van der Waals surface area contributed by atoms with Gasteiger partial charge in [0.15, 0.2) is 0 Å². The van der Waals surface area contributed by atoms with Crippen LogP contribution in [0, 0.1) is 6.92 Å². The molecule has 0 bridgehead atoms.